The Hall–Kier alpha value is -2.44. The van der Waals surface area contributed by atoms with Crippen LogP contribution in [0, 0.1) is 6.92 Å². The molecule has 0 saturated heterocycles. The van der Waals surface area contributed by atoms with E-state index >= 15 is 0 Å². The number of benzene rings is 1. The van der Waals surface area contributed by atoms with Gasteiger partial charge in [-0.25, -0.2) is 4.98 Å². The molecule has 25 heavy (non-hydrogen) atoms. The van der Waals surface area contributed by atoms with Crippen LogP contribution in [0.2, 0.25) is 0 Å². The van der Waals surface area contributed by atoms with Crippen molar-refractivity contribution >= 4 is 22.7 Å². The van der Waals surface area contributed by atoms with E-state index in [0.717, 1.165) is 47.3 Å². The molecule has 2 aromatic rings. The number of aromatic nitrogens is 1. The molecule has 0 unspecified atom stereocenters. The van der Waals surface area contributed by atoms with E-state index in [4.69, 9.17) is 4.74 Å². The summed E-state index contributed by atoms with van der Waals surface area (Å²) >= 11 is 1.53. The normalized spacial score (nSPS) is 11.0. The third-order valence-corrected chi connectivity index (χ3v) is 4.33. The number of anilines is 1. The van der Waals surface area contributed by atoms with Gasteiger partial charge in [-0.3, -0.25) is 10.3 Å². The zero-order chi connectivity index (χ0) is 18.1. The van der Waals surface area contributed by atoms with Crippen molar-refractivity contribution in [3.63, 3.8) is 0 Å². The lowest BCUT2D eigenvalue weighted by Crippen LogP contribution is -2.23. The standard InChI is InChI=1S/C19H24N4OS/c1-5-9-23(10-6-2)13-17-11-16(7-8-18(17)24-4)12-20-22-19-21-15(3)14-25-19/h5-8,11-12,14H,1-2,9-10,13H2,3-4H3,(H,21,22). The summed E-state index contributed by atoms with van der Waals surface area (Å²) in [7, 11) is 1.68. The van der Waals surface area contributed by atoms with Gasteiger partial charge in [0.1, 0.15) is 5.75 Å². The quantitative estimate of drug-likeness (QED) is 0.396. The summed E-state index contributed by atoms with van der Waals surface area (Å²) in [5.41, 5.74) is 6.03. The lowest BCUT2D eigenvalue weighted by molar-refractivity contribution is 0.317. The Morgan fingerprint density at radius 3 is 2.68 bits per heavy atom. The first-order valence-corrected chi connectivity index (χ1v) is 8.86. The largest absolute Gasteiger partial charge is 0.496 e. The van der Waals surface area contributed by atoms with Crippen LogP contribution in [0.15, 0.2) is 54.0 Å². The van der Waals surface area contributed by atoms with Crippen molar-refractivity contribution < 1.29 is 4.74 Å². The van der Waals surface area contributed by atoms with Crippen LogP contribution in [0.1, 0.15) is 16.8 Å². The number of hydrogen-bond acceptors (Lipinski definition) is 6. The third-order valence-electron chi connectivity index (χ3n) is 3.47. The van der Waals surface area contributed by atoms with Crippen LogP contribution in [-0.2, 0) is 6.54 Å². The van der Waals surface area contributed by atoms with Gasteiger partial charge >= 0.3 is 0 Å². The summed E-state index contributed by atoms with van der Waals surface area (Å²) in [6.07, 6.45) is 5.56. The van der Waals surface area contributed by atoms with Crippen LogP contribution in [0.5, 0.6) is 5.75 Å². The van der Waals surface area contributed by atoms with Crippen LogP contribution in [0.3, 0.4) is 0 Å². The summed E-state index contributed by atoms with van der Waals surface area (Å²) in [4.78, 5) is 6.55. The topological polar surface area (TPSA) is 49.8 Å². The van der Waals surface area contributed by atoms with Crippen molar-refractivity contribution in [1.29, 1.82) is 0 Å². The predicted molar refractivity (Wildman–Crippen MR) is 107 cm³/mol. The van der Waals surface area contributed by atoms with Gasteiger partial charge in [-0.1, -0.05) is 12.2 Å². The minimum absolute atomic E-state index is 0.752. The number of hydrazone groups is 1. The number of ether oxygens (including phenoxy) is 1. The van der Waals surface area contributed by atoms with Gasteiger partial charge in [-0.05, 0) is 30.7 Å². The Bertz CT molecular complexity index is 729. The van der Waals surface area contributed by atoms with E-state index in [1.807, 2.05) is 36.6 Å². The molecule has 0 amide bonds. The molecule has 0 aliphatic carbocycles. The molecule has 1 heterocycles. The van der Waals surface area contributed by atoms with Crippen LogP contribution in [0.4, 0.5) is 5.13 Å². The molecule has 2 rings (SSSR count). The summed E-state index contributed by atoms with van der Waals surface area (Å²) in [5.74, 6) is 0.860. The molecule has 1 N–H and O–H groups in total. The highest BCUT2D eigenvalue weighted by molar-refractivity contribution is 7.13. The number of rotatable bonds is 10. The van der Waals surface area contributed by atoms with Crippen LogP contribution >= 0.6 is 11.3 Å². The van der Waals surface area contributed by atoms with Crippen LogP contribution in [-0.4, -0.2) is 36.3 Å². The highest BCUT2D eigenvalue weighted by atomic mass is 32.1. The van der Waals surface area contributed by atoms with Gasteiger partial charge in [0.15, 0.2) is 0 Å². The first kappa shape index (κ1) is 18.9. The lowest BCUT2D eigenvalue weighted by Gasteiger charge is -2.20. The summed E-state index contributed by atoms with van der Waals surface area (Å²) < 4.78 is 5.49. The Labute approximate surface area is 153 Å². The van der Waals surface area contributed by atoms with E-state index < -0.39 is 0 Å². The molecule has 1 aromatic carbocycles. The van der Waals surface area contributed by atoms with E-state index in [1.54, 1.807) is 13.3 Å². The Morgan fingerprint density at radius 2 is 2.08 bits per heavy atom. The van der Waals surface area contributed by atoms with Gasteiger partial charge in [-0.15, -0.1) is 24.5 Å². The van der Waals surface area contributed by atoms with Gasteiger partial charge in [0.05, 0.1) is 19.0 Å². The Balaban J connectivity index is 2.11. The first-order chi connectivity index (χ1) is 12.2. The monoisotopic (exact) mass is 356 g/mol. The van der Waals surface area contributed by atoms with Crippen LogP contribution < -0.4 is 10.2 Å². The minimum Gasteiger partial charge on any atom is -0.496 e. The SMILES string of the molecule is C=CCN(CC=C)Cc1cc(C=NNc2nc(C)cs2)ccc1OC. The van der Waals surface area contributed by atoms with Crippen molar-refractivity contribution in [3.05, 3.63) is 65.7 Å². The van der Waals surface area contributed by atoms with E-state index in [1.165, 1.54) is 11.3 Å². The van der Waals surface area contributed by atoms with E-state index in [-0.39, 0.29) is 0 Å². The number of methoxy groups -OCH3 is 1. The van der Waals surface area contributed by atoms with E-state index in [0.29, 0.717) is 0 Å². The zero-order valence-electron chi connectivity index (χ0n) is 14.7. The molecule has 132 valence electrons. The minimum atomic E-state index is 0.752. The van der Waals surface area contributed by atoms with Crippen molar-refractivity contribution in [2.75, 3.05) is 25.6 Å². The molecule has 0 bridgehead atoms. The number of nitrogens with one attached hydrogen (secondary N) is 1. The molecular formula is C19H24N4OS. The maximum Gasteiger partial charge on any atom is 0.203 e. The molecular weight excluding hydrogens is 332 g/mol. The van der Waals surface area contributed by atoms with Gasteiger partial charge in [0, 0.05) is 30.6 Å². The van der Waals surface area contributed by atoms with Gasteiger partial charge in [0.25, 0.3) is 0 Å². The lowest BCUT2D eigenvalue weighted by atomic mass is 10.1. The predicted octanol–water partition coefficient (Wildman–Crippen LogP) is 4.08. The molecule has 0 aliphatic heterocycles. The second-order valence-electron chi connectivity index (χ2n) is 5.51. The summed E-state index contributed by atoms with van der Waals surface area (Å²) in [6, 6.07) is 6.02. The molecule has 0 spiro atoms. The summed E-state index contributed by atoms with van der Waals surface area (Å²) in [6.45, 7) is 11.9. The van der Waals surface area contributed by atoms with Crippen molar-refractivity contribution in [2.45, 2.75) is 13.5 Å². The third kappa shape index (κ3) is 5.85. The fourth-order valence-corrected chi connectivity index (χ4v) is 3.02. The molecule has 0 atom stereocenters. The van der Waals surface area contributed by atoms with Crippen molar-refractivity contribution in [1.82, 2.24) is 9.88 Å². The molecule has 0 aliphatic rings. The van der Waals surface area contributed by atoms with E-state index in [9.17, 15) is 0 Å². The molecule has 0 saturated carbocycles. The molecule has 5 nitrogen and oxygen atoms in total. The van der Waals surface area contributed by atoms with E-state index in [2.05, 4.69) is 39.6 Å². The Kier molecular flexibility index (Phi) is 7.37. The maximum atomic E-state index is 5.49. The first-order valence-electron chi connectivity index (χ1n) is 7.98. The van der Waals surface area contributed by atoms with Gasteiger partial charge in [-0.2, -0.15) is 5.10 Å². The highest BCUT2D eigenvalue weighted by Gasteiger charge is 2.08. The van der Waals surface area contributed by atoms with Crippen LogP contribution in [0.25, 0.3) is 0 Å². The second kappa shape index (κ2) is 9.76. The highest BCUT2D eigenvalue weighted by Crippen LogP contribution is 2.21. The number of nitrogens with zero attached hydrogens (tertiary/aromatic N) is 3. The smallest absolute Gasteiger partial charge is 0.203 e. The maximum absolute atomic E-state index is 5.49. The summed E-state index contributed by atoms with van der Waals surface area (Å²) in [5, 5.41) is 7.03. The zero-order valence-corrected chi connectivity index (χ0v) is 15.6. The fourth-order valence-electron chi connectivity index (χ4n) is 2.38. The molecule has 6 heteroatoms. The molecule has 1 aromatic heterocycles. The number of hydrogen-bond donors (Lipinski definition) is 1. The Morgan fingerprint density at radius 1 is 1.32 bits per heavy atom. The average Bonchev–Trinajstić information content (AvgIpc) is 3.01. The fraction of sp³-hybridized carbons (Fsp3) is 0.263. The molecule has 0 fully saturated rings. The number of aryl methyl sites for hydroxylation is 1. The second-order valence-corrected chi connectivity index (χ2v) is 6.36. The van der Waals surface area contributed by atoms with Gasteiger partial charge in [0.2, 0.25) is 5.13 Å². The average molecular weight is 356 g/mol. The van der Waals surface area contributed by atoms with Gasteiger partial charge < -0.3 is 4.74 Å². The van der Waals surface area contributed by atoms with Crippen molar-refractivity contribution in [3.8, 4) is 5.75 Å². The molecule has 0 radical (unpaired) electrons. The van der Waals surface area contributed by atoms with Crippen molar-refractivity contribution in [2.24, 2.45) is 5.10 Å². The number of thiazole rings is 1.